The lowest BCUT2D eigenvalue weighted by atomic mass is 10.2. The number of furan rings is 1. The number of fused-ring (bicyclic) bond motifs is 2. The monoisotopic (exact) mass is 308 g/mol. The Hall–Kier alpha value is -2.66. The van der Waals surface area contributed by atoms with Crippen LogP contribution in [0, 0.1) is 0 Å². The summed E-state index contributed by atoms with van der Waals surface area (Å²) in [6.07, 6.45) is 0. The molecule has 0 aliphatic heterocycles. The Balaban J connectivity index is 1.51. The van der Waals surface area contributed by atoms with E-state index in [9.17, 15) is 4.79 Å². The average molecular weight is 308 g/mol. The number of Topliss-reactive ketones (excluding diaryl/α,β-unsaturated/α-hetero) is 1. The Morgan fingerprint density at radius 3 is 2.82 bits per heavy atom. The predicted octanol–water partition coefficient (Wildman–Crippen LogP) is 4.34. The number of para-hydroxylation sites is 2. The summed E-state index contributed by atoms with van der Waals surface area (Å²) in [5, 5.41) is 4.75. The molecule has 0 bridgehead atoms. The molecule has 5 heteroatoms. The van der Waals surface area contributed by atoms with Crippen molar-refractivity contribution in [2.24, 2.45) is 0 Å². The fourth-order valence-corrected chi connectivity index (χ4v) is 3.17. The van der Waals surface area contributed by atoms with E-state index in [1.165, 1.54) is 11.3 Å². The summed E-state index contributed by atoms with van der Waals surface area (Å²) in [4.78, 5) is 16.7. The van der Waals surface area contributed by atoms with Crippen molar-refractivity contribution in [1.29, 1.82) is 0 Å². The molecule has 0 saturated carbocycles. The van der Waals surface area contributed by atoms with Crippen LogP contribution in [0.15, 0.2) is 59.0 Å². The van der Waals surface area contributed by atoms with Crippen LogP contribution in [0.3, 0.4) is 0 Å². The van der Waals surface area contributed by atoms with Gasteiger partial charge in [-0.05, 0) is 24.3 Å². The maximum Gasteiger partial charge on any atom is 0.217 e. The molecule has 2 aromatic carbocycles. The van der Waals surface area contributed by atoms with Gasteiger partial charge in [0, 0.05) is 5.39 Å². The van der Waals surface area contributed by atoms with Crippen molar-refractivity contribution in [3.8, 4) is 0 Å². The number of ketones is 1. The molecule has 1 N–H and O–H groups in total. The third-order valence-corrected chi connectivity index (χ3v) is 4.39. The van der Waals surface area contributed by atoms with Crippen LogP contribution in [0.1, 0.15) is 10.6 Å². The highest BCUT2D eigenvalue weighted by molar-refractivity contribution is 7.22. The molecule has 0 atom stereocenters. The molecule has 0 spiro atoms. The number of thiazole rings is 1. The van der Waals surface area contributed by atoms with Crippen LogP contribution in [0.2, 0.25) is 0 Å². The van der Waals surface area contributed by atoms with Gasteiger partial charge in [0.05, 0.1) is 16.8 Å². The zero-order valence-corrected chi connectivity index (χ0v) is 12.4. The molecule has 4 nitrogen and oxygen atoms in total. The molecule has 108 valence electrons. The normalized spacial score (nSPS) is 11.1. The molecular formula is C17H12N2O2S. The number of hydrogen-bond donors (Lipinski definition) is 1. The van der Waals surface area contributed by atoms with Gasteiger partial charge in [0.15, 0.2) is 10.9 Å². The first-order valence-electron chi connectivity index (χ1n) is 6.91. The SMILES string of the molecule is O=C(CNc1nc2ccccc2s1)c1cc2ccccc2o1. The highest BCUT2D eigenvalue weighted by atomic mass is 32.1. The van der Waals surface area contributed by atoms with Crippen LogP contribution in [0.4, 0.5) is 5.13 Å². The number of carbonyl (C=O) groups is 1. The lowest BCUT2D eigenvalue weighted by Crippen LogP contribution is -2.12. The second-order valence-corrected chi connectivity index (χ2v) is 5.94. The molecule has 4 rings (SSSR count). The zero-order valence-electron chi connectivity index (χ0n) is 11.6. The maximum atomic E-state index is 12.2. The molecule has 0 amide bonds. The third-order valence-electron chi connectivity index (χ3n) is 3.39. The quantitative estimate of drug-likeness (QED) is 0.570. The number of anilines is 1. The molecule has 2 heterocycles. The summed E-state index contributed by atoms with van der Waals surface area (Å²) in [7, 11) is 0. The number of carbonyl (C=O) groups excluding carboxylic acids is 1. The van der Waals surface area contributed by atoms with Gasteiger partial charge in [0.25, 0.3) is 0 Å². The summed E-state index contributed by atoms with van der Waals surface area (Å²) in [5.41, 5.74) is 1.66. The number of rotatable bonds is 4. The fraction of sp³-hybridized carbons (Fsp3) is 0.0588. The summed E-state index contributed by atoms with van der Waals surface area (Å²) in [6.45, 7) is 0.166. The van der Waals surface area contributed by atoms with Crippen LogP contribution < -0.4 is 5.32 Å². The minimum absolute atomic E-state index is 0.0875. The van der Waals surface area contributed by atoms with Gasteiger partial charge < -0.3 is 9.73 Å². The van der Waals surface area contributed by atoms with Gasteiger partial charge in [-0.3, -0.25) is 4.79 Å². The molecule has 0 saturated heterocycles. The van der Waals surface area contributed by atoms with E-state index < -0.39 is 0 Å². The molecule has 0 unspecified atom stereocenters. The zero-order chi connectivity index (χ0) is 14.9. The topological polar surface area (TPSA) is 55.1 Å². The highest BCUT2D eigenvalue weighted by Gasteiger charge is 2.12. The lowest BCUT2D eigenvalue weighted by Gasteiger charge is -1.98. The summed E-state index contributed by atoms with van der Waals surface area (Å²) in [5.74, 6) is 0.283. The number of hydrogen-bond acceptors (Lipinski definition) is 5. The van der Waals surface area contributed by atoms with E-state index in [4.69, 9.17) is 4.42 Å². The minimum Gasteiger partial charge on any atom is -0.453 e. The van der Waals surface area contributed by atoms with Gasteiger partial charge in [-0.15, -0.1) is 0 Å². The van der Waals surface area contributed by atoms with Gasteiger partial charge in [-0.1, -0.05) is 41.7 Å². The first-order valence-corrected chi connectivity index (χ1v) is 7.72. The molecule has 2 aromatic heterocycles. The van der Waals surface area contributed by atoms with E-state index >= 15 is 0 Å². The number of aromatic nitrogens is 1. The van der Waals surface area contributed by atoms with Crippen LogP contribution in [-0.2, 0) is 0 Å². The predicted molar refractivity (Wildman–Crippen MR) is 88.7 cm³/mol. The summed E-state index contributed by atoms with van der Waals surface area (Å²) >= 11 is 1.53. The standard InChI is InChI=1S/C17H12N2O2S/c20-13(15-9-11-5-1-3-7-14(11)21-15)10-18-17-19-12-6-2-4-8-16(12)22-17/h1-9H,10H2,(H,18,19). The Kier molecular flexibility index (Phi) is 3.12. The van der Waals surface area contributed by atoms with Crippen molar-refractivity contribution >= 4 is 43.4 Å². The Bertz CT molecular complexity index is 905. The largest absolute Gasteiger partial charge is 0.453 e. The second-order valence-electron chi connectivity index (χ2n) is 4.91. The van der Waals surface area contributed by atoms with Gasteiger partial charge in [-0.2, -0.15) is 0 Å². The number of nitrogens with zero attached hydrogens (tertiary/aromatic N) is 1. The van der Waals surface area contributed by atoms with Crippen molar-refractivity contribution in [2.75, 3.05) is 11.9 Å². The van der Waals surface area contributed by atoms with Gasteiger partial charge >= 0.3 is 0 Å². The molecule has 0 fully saturated rings. The lowest BCUT2D eigenvalue weighted by molar-refractivity contribution is 0.0982. The van der Waals surface area contributed by atoms with E-state index in [1.807, 2.05) is 48.5 Å². The van der Waals surface area contributed by atoms with Crippen molar-refractivity contribution in [3.63, 3.8) is 0 Å². The number of benzene rings is 2. The van der Waals surface area contributed by atoms with Crippen LogP contribution in [0.5, 0.6) is 0 Å². The van der Waals surface area contributed by atoms with Crippen LogP contribution >= 0.6 is 11.3 Å². The number of nitrogens with one attached hydrogen (secondary N) is 1. The van der Waals surface area contributed by atoms with Crippen molar-refractivity contribution < 1.29 is 9.21 Å². The maximum absolute atomic E-state index is 12.2. The summed E-state index contributed by atoms with van der Waals surface area (Å²) in [6, 6.07) is 17.3. The fourth-order valence-electron chi connectivity index (χ4n) is 2.31. The van der Waals surface area contributed by atoms with Crippen molar-refractivity contribution in [1.82, 2.24) is 4.98 Å². The molecule has 0 aliphatic carbocycles. The Labute approximate surface area is 130 Å². The second kappa shape index (κ2) is 5.27. The molecule has 0 aliphatic rings. The van der Waals surface area contributed by atoms with Gasteiger partial charge in [0.1, 0.15) is 5.58 Å². The molecule has 22 heavy (non-hydrogen) atoms. The summed E-state index contributed by atoms with van der Waals surface area (Å²) < 4.78 is 6.67. The van der Waals surface area contributed by atoms with E-state index in [0.717, 1.165) is 26.3 Å². The first-order chi connectivity index (χ1) is 10.8. The van der Waals surface area contributed by atoms with E-state index in [2.05, 4.69) is 10.3 Å². The van der Waals surface area contributed by atoms with Crippen LogP contribution in [0.25, 0.3) is 21.2 Å². The van der Waals surface area contributed by atoms with Crippen LogP contribution in [-0.4, -0.2) is 17.3 Å². The smallest absolute Gasteiger partial charge is 0.217 e. The molecule has 4 aromatic rings. The average Bonchev–Trinajstić information content (AvgIpc) is 3.15. The van der Waals surface area contributed by atoms with Crippen molar-refractivity contribution in [2.45, 2.75) is 0 Å². The Morgan fingerprint density at radius 1 is 1.14 bits per heavy atom. The highest BCUT2D eigenvalue weighted by Crippen LogP contribution is 2.25. The van der Waals surface area contributed by atoms with Gasteiger partial charge in [-0.25, -0.2) is 4.98 Å². The van der Waals surface area contributed by atoms with Crippen molar-refractivity contribution in [3.05, 3.63) is 60.4 Å². The molecule has 0 radical (unpaired) electrons. The van der Waals surface area contributed by atoms with E-state index in [-0.39, 0.29) is 12.3 Å². The van der Waals surface area contributed by atoms with E-state index in [0.29, 0.717) is 5.76 Å². The first kappa shape index (κ1) is 13.0. The van der Waals surface area contributed by atoms with E-state index in [1.54, 1.807) is 6.07 Å². The minimum atomic E-state index is -0.0875. The van der Waals surface area contributed by atoms with Gasteiger partial charge in [0.2, 0.25) is 5.78 Å². The molecular weight excluding hydrogens is 296 g/mol. The third kappa shape index (κ3) is 2.35. The Morgan fingerprint density at radius 2 is 1.95 bits per heavy atom.